The van der Waals surface area contributed by atoms with Gasteiger partial charge in [-0.15, -0.1) is 0 Å². The molecule has 14 heavy (non-hydrogen) atoms. The fourth-order valence-corrected chi connectivity index (χ4v) is 1.18. The molecule has 1 saturated heterocycles. The minimum atomic E-state index is -1.49. The first-order valence-corrected chi connectivity index (χ1v) is 3.64. The number of nitrogens with one attached hydrogen (secondary N) is 1. The van der Waals surface area contributed by atoms with E-state index in [4.69, 9.17) is 15.3 Å². The van der Waals surface area contributed by atoms with Crippen LogP contribution in [-0.4, -0.2) is 57.0 Å². The molecule has 2 unspecified atom stereocenters. The SMILES string of the molecule is O=C(O)C1CN(C(=O)O)C(C(=O)O)N1. The second-order valence-electron chi connectivity index (χ2n) is 2.73. The predicted octanol–water partition coefficient (Wildman–Crippen LogP) is -1.57. The molecule has 8 heteroatoms. The van der Waals surface area contributed by atoms with Crippen molar-refractivity contribution in [2.75, 3.05) is 6.54 Å². The van der Waals surface area contributed by atoms with Gasteiger partial charge >= 0.3 is 18.0 Å². The molecule has 0 aromatic heterocycles. The Balaban J connectivity index is 2.80. The fourth-order valence-electron chi connectivity index (χ4n) is 1.18. The van der Waals surface area contributed by atoms with Crippen LogP contribution in [-0.2, 0) is 9.59 Å². The zero-order valence-electron chi connectivity index (χ0n) is 6.88. The van der Waals surface area contributed by atoms with Crippen LogP contribution in [0.2, 0.25) is 0 Å². The van der Waals surface area contributed by atoms with Gasteiger partial charge in [0.1, 0.15) is 6.04 Å². The van der Waals surface area contributed by atoms with Crippen molar-refractivity contribution >= 4 is 18.0 Å². The lowest BCUT2D eigenvalue weighted by Crippen LogP contribution is -2.46. The van der Waals surface area contributed by atoms with E-state index in [1.165, 1.54) is 0 Å². The molecule has 1 fully saturated rings. The average Bonchev–Trinajstić information content (AvgIpc) is 2.47. The molecule has 8 nitrogen and oxygen atoms in total. The van der Waals surface area contributed by atoms with Gasteiger partial charge in [-0.25, -0.2) is 9.59 Å². The summed E-state index contributed by atoms with van der Waals surface area (Å²) in [7, 11) is 0. The molecule has 4 N–H and O–H groups in total. The lowest BCUT2D eigenvalue weighted by Gasteiger charge is -2.15. The highest BCUT2D eigenvalue weighted by molar-refractivity contribution is 5.83. The first-order chi connectivity index (χ1) is 6.43. The molecule has 0 spiro atoms. The highest BCUT2D eigenvalue weighted by Crippen LogP contribution is 2.09. The molecule has 0 aliphatic carbocycles. The van der Waals surface area contributed by atoms with Crippen LogP contribution in [0.5, 0.6) is 0 Å². The largest absolute Gasteiger partial charge is 0.480 e. The van der Waals surface area contributed by atoms with Crippen molar-refractivity contribution in [3.8, 4) is 0 Å². The maximum atomic E-state index is 10.5. The van der Waals surface area contributed by atoms with Gasteiger partial charge in [-0.2, -0.15) is 0 Å². The second kappa shape index (κ2) is 3.50. The number of aliphatic carboxylic acids is 2. The topological polar surface area (TPSA) is 127 Å². The Hall–Kier alpha value is -1.83. The lowest BCUT2D eigenvalue weighted by molar-refractivity contribution is -0.142. The van der Waals surface area contributed by atoms with Crippen molar-refractivity contribution in [3.05, 3.63) is 0 Å². The Morgan fingerprint density at radius 3 is 2.00 bits per heavy atom. The Morgan fingerprint density at radius 2 is 1.71 bits per heavy atom. The highest BCUT2D eigenvalue weighted by atomic mass is 16.4. The van der Waals surface area contributed by atoms with Crippen molar-refractivity contribution in [1.29, 1.82) is 0 Å². The molecule has 1 rings (SSSR count). The molecule has 1 aliphatic heterocycles. The smallest absolute Gasteiger partial charge is 0.409 e. The predicted molar refractivity (Wildman–Crippen MR) is 40.7 cm³/mol. The minimum Gasteiger partial charge on any atom is -0.480 e. The van der Waals surface area contributed by atoms with E-state index in [1.54, 1.807) is 0 Å². The monoisotopic (exact) mass is 204 g/mol. The van der Waals surface area contributed by atoms with E-state index in [0.717, 1.165) is 0 Å². The van der Waals surface area contributed by atoms with Crippen LogP contribution in [0.3, 0.4) is 0 Å². The second-order valence-corrected chi connectivity index (χ2v) is 2.73. The highest BCUT2D eigenvalue weighted by Gasteiger charge is 2.42. The van der Waals surface area contributed by atoms with Crippen LogP contribution < -0.4 is 5.32 Å². The lowest BCUT2D eigenvalue weighted by atomic mass is 10.3. The third-order valence-corrected chi connectivity index (χ3v) is 1.83. The van der Waals surface area contributed by atoms with Crippen molar-refractivity contribution < 1.29 is 29.7 Å². The van der Waals surface area contributed by atoms with E-state index in [-0.39, 0.29) is 6.54 Å². The van der Waals surface area contributed by atoms with E-state index < -0.39 is 30.2 Å². The van der Waals surface area contributed by atoms with Crippen LogP contribution in [0.15, 0.2) is 0 Å². The van der Waals surface area contributed by atoms with Gasteiger partial charge in [0.15, 0.2) is 6.17 Å². The van der Waals surface area contributed by atoms with Gasteiger partial charge in [-0.05, 0) is 0 Å². The summed E-state index contributed by atoms with van der Waals surface area (Å²) in [6.45, 7) is -0.373. The Kier molecular flexibility index (Phi) is 2.56. The summed E-state index contributed by atoms with van der Waals surface area (Å²) in [6, 6.07) is -1.17. The standard InChI is InChI=1S/C6H8N2O6/c9-4(10)2-1-8(6(13)14)3(7-2)5(11)12/h2-3,7H,1H2,(H,9,10)(H,11,12)(H,13,14). The third-order valence-electron chi connectivity index (χ3n) is 1.83. The number of hydrogen-bond acceptors (Lipinski definition) is 4. The molecule has 1 heterocycles. The average molecular weight is 204 g/mol. The molecular formula is C6H8N2O6. The summed E-state index contributed by atoms with van der Waals surface area (Å²) in [6.07, 6.45) is -2.96. The molecule has 78 valence electrons. The minimum absolute atomic E-state index is 0.373. The van der Waals surface area contributed by atoms with Crippen LogP contribution in [0.4, 0.5) is 4.79 Å². The first kappa shape index (κ1) is 10.3. The molecule has 0 aromatic carbocycles. The first-order valence-electron chi connectivity index (χ1n) is 3.64. The van der Waals surface area contributed by atoms with Crippen molar-refractivity contribution in [1.82, 2.24) is 10.2 Å². The Labute approximate surface area is 77.7 Å². The van der Waals surface area contributed by atoms with Crippen LogP contribution in [0.1, 0.15) is 0 Å². The number of amides is 1. The Bertz CT molecular complexity index is 268. The van der Waals surface area contributed by atoms with E-state index in [2.05, 4.69) is 5.32 Å². The normalized spacial score (nSPS) is 26.1. The molecule has 1 aliphatic rings. The molecular weight excluding hydrogens is 196 g/mol. The fraction of sp³-hybridized carbons (Fsp3) is 0.500. The zero-order valence-corrected chi connectivity index (χ0v) is 6.88. The summed E-state index contributed by atoms with van der Waals surface area (Å²) in [4.78, 5) is 32.0. The van der Waals surface area contributed by atoms with E-state index in [1.807, 2.05) is 0 Å². The number of rotatable bonds is 2. The van der Waals surface area contributed by atoms with Crippen LogP contribution in [0.25, 0.3) is 0 Å². The van der Waals surface area contributed by atoms with Crippen LogP contribution >= 0.6 is 0 Å². The summed E-state index contributed by atoms with van der Waals surface area (Å²) in [5.41, 5.74) is 0. The summed E-state index contributed by atoms with van der Waals surface area (Å²) in [5, 5.41) is 27.8. The molecule has 0 aromatic rings. The van der Waals surface area contributed by atoms with Crippen molar-refractivity contribution in [2.45, 2.75) is 12.2 Å². The van der Waals surface area contributed by atoms with Crippen molar-refractivity contribution in [3.63, 3.8) is 0 Å². The number of carboxylic acids is 2. The van der Waals surface area contributed by atoms with Gasteiger partial charge in [0.05, 0.1) is 6.54 Å². The van der Waals surface area contributed by atoms with E-state index in [0.29, 0.717) is 4.90 Å². The van der Waals surface area contributed by atoms with E-state index >= 15 is 0 Å². The van der Waals surface area contributed by atoms with Gasteiger partial charge in [0.25, 0.3) is 0 Å². The van der Waals surface area contributed by atoms with E-state index in [9.17, 15) is 14.4 Å². The maximum Gasteiger partial charge on any atom is 0.409 e. The van der Waals surface area contributed by atoms with Gasteiger partial charge in [-0.1, -0.05) is 0 Å². The summed E-state index contributed by atoms with van der Waals surface area (Å²) in [5.74, 6) is -2.70. The van der Waals surface area contributed by atoms with Crippen molar-refractivity contribution in [2.24, 2.45) is 0 Å². The summed E-state index contributed by atoms with van der Waals surface area (Å²) >= 11 is 0. The number of nitrogens with zero attached hydrogens (tertiary/aromatic N) is 1. The third kappa shape index (κ3) is 1.74. The number of carboxylic acid groups (broad SMARTS) is 3. The number of carbonyl (C=O) groups is 3. The van der Waals surface area contributed by atoms with Gasteiger partial charge in [0, 0.05) is 0 Å². The van der Waals surface area contributed by atoms with Gasteiger partial charge in [-0.3, -0.25) is 15.0 Å². The molecule has 1 amide bonds. The quantitative estimate of drug-likeness (QED) is 0.428. The maximum absolute atomic E-state index is 10.5. The molecule has 2 atom stereocenters. The summed E-state index contributed by atoms with van der Waals surface area (Å²) < 4.78 is 0. The van der Waals surface area contributed by atoms with Gasteiger partial charge in [0.2, 0.25) is 0 Å². The number of hydrogen-bond donors (Lipinski definition) is 4. The molecule has 0 bridgehead atoms. The molecule has 0 radical (unpaired) electrons. The Morgan fingerprint density at radius 1 is 1.14 bits per heavy atom. The van der Waals surface area contributed by atoms with Gasteiger partial charge < -0.3 is 15.3 Å². The van der Waals surface area contributed by atoms with Crippen LogP contribution in [0, 0.1) is 0 Å². The molecule has 0 saturated carbocycles. The zero-order chi connectivity index (χ0) is 10.9.